The lowest BCUT2D eigenvalue weighted by Crippen LogP contribution is -1.98. The number of nitrogens with zero attached hydrogens (tertiary/aromatic N) is 2. The van der Waals surface area contributed by atoms with Crippen molar-refractivity contribution in [1.82, 2.24) is 4.98 Å². The third kappa shape index (κ3) is 2.87. The molecule has 0 aliphatic rings. The molecule has 1 heterocycles. The lowest BCUT2D eigenvalue weighted by molar-refractivity contribution is 0.395. The van der Waals surface area contributed by atoms with Crippen molar-refractivity contribution in [3.05, 3.63) is 41.0 Å². The molecule has 1 aromatic heterocycles. The van der Waals surface area contributed by atoms with Gasteiger partial charge in [-0.15, -0.1) is 0 Å². The standard InChI is InChI=1S/C13H10ClN3O2/c1-18-13-12(16)11(2-3-17-13)19-10-5-8(7-15)4-9(14)6-10/h2-6H,16H2,1H3. The fourth-order valence-electron chi connectivity index (χ4n) is 1.50. The number of aromatic nitrogens is 1. The number of nitriles is 1. The first-order valence-corrected chi connectivity index (χ1v) is 5.69. The average molecular weight is 276 g/mol. The van der Waals surface area contributed by atoms with Gasteiger partial charge in [-0.2, -0.15) is 5.26 Å². The summed E-state index contributed by atoms with van der Waals surface area (Å²) >= 11 is 5.89. The van der Waals surface area contributed by atoms with Gasteiger partial charge >= 0.3 is 0 Å². The zero-order valence-electron chi connectivity index (χ0n) is 10.1. The quantitative estimate of drug-likeness (QED) is 0.931. The molecule has 0 fully saturated rings. The van der Waals surface area contributed by atoms with E-state index in [9.17, 15) is 0 Å². The van der Waals surface area contributed by atoms with Crippen LogP contribution in [0.25, 0.3) is 0 Å². The number of benzene rings is 1. The lowest BCUT2D eigenvalue weighted by Gasteiger charge is -2.10. The summed E-state index contributed by atoms with van der Waals surface area (Å²) in [5, 5.41) is 9.28. The van der Waals surface area contributed by atoms with Crippen molar-refractivity contribution in [2.75, 3.05) is 12.8 Å². The topological polar surface area (TPSA) is 81.2 Å². The van der Waals surface area contributed by atoms with E-state index in [4.69, 9.17) is 32.1 Å². The number of methoxy groups -OCH3 is 1. The summed E-state index contributed by atoms with van der Waals surface area (Å²) < 4.78 is 10.6. The van der Waals surface area contributed by atoms with Crippen molar-refractivity contribution in [2.24, 2.45) is 0 Å². The Morgan fingerprint density at radius 2 is 2.16 bits per heavy atom. The van der Waals surface area contributed by atoms with E-state index in [2.05, 4.69) is 4.98 Å². The number of anilines is 1. The Bertz CT molecular complexity index is 653. The maximum absolute atomic E-state index is 8.87. The largest absolute Gasteiger partial charge is 0.479 e. The number of nitrogens with two attached hydrogens (primary N) is 1. The molecule has 5 nitrogen and oxygen atoms in total. The van der Waals surface area contributed by atoms with E-state index < -0.39 is 0 Å². The predicted molar refractivity (Wildman–Crippen MR) is 71.4 cm³/mol. The highest BCUT2D eigenvalue weighted by Crippen LogP contribution is 2.33. The summed E-state index contributed by atoms with van der Waals surface area (Å²) in [6, 6.07) is 8.31. The van der Waals surface area contributed by atoms with Crippen LogP contribution in [-0.4, -0.2) is 12.1 Å². The third-order valence-electron chi connectivity index (χ3n) is 2.34. The van der Waals surface area contributed by atoms with E-state index in [1.54, 1.807) is 24.3 Å². The molecule has 0 aliphatic heterocycles. The van der Waals surface area contributed by atoms with E-state index in [-0.39, 0.29) is 11.6 Å². The summed E-state index contributed by atoms with van der Waals surface area (Å²) in [5.74, 6) is 1.09. The third-order valence-corrected chi connectivity index (χ3v) is 2.55. The Balaban J connectivity index is 2.37. The van der Waals surface area contributed by atoms with Crippen LogP contribution in [0.2, 0.25) is 5.02 Å². The van der Waals surface area contributed by atoms with Crippen molar-refractivity contribution < 1.29 is 9.47 Å². The minimum atomic E-state index is 0.278. The number of nitrogen functional groups attached to an aromatic ring is 1. The molecule has 0 radical (unpaired) electrons. The zero-order chi connectivity index (χ0) is 13.8. The average Bonchev–Trinajstić information content (AvgIpc) is 2.40. The first kappa shape index (κ1) is 13.0. The van der Waals surface area contributed by atoms with Crippen LogP contribution in [0.3, 0.4) is 0 Å². The first-order valence-electron chi connectivity index (χ1n) is 5.31. The van der Waals surface area contributed by atoms with Crippen molar-refractivity contribution in [3.8, 4) is 23.4 Å². The number of halogens is 1. The van der Waals surface area contributed by atoms with Crippen LogP contribution in [-0.2, 0) is 0 Å². The highest BCUT2D eigenvalue weighted by molar-refractivity contribution is 6.30. The molecule has 0 saturated heterocycles. The fourth-order valence-corrected chi connectivity index (χ4v) is 1.73. The number of pyridine rings is 1. The molecule has 2 rings (SSSR count). The van der Waals surface area contributed by atoms with Gasteiger partial charge in [-0.05, 0) is 18.2 Å². The second kappa shape index (κ2) is 5.46. The number of rotatable bonds is 3. The Kier molecular flexibility index (Phi) is 3.74. The van der Waals surface area contributed by atoms with Crippen LogP contribution in [0.15, 0.2) is 30.5 Å². The molecule has 0 unspecified atom stereocenters. The maximum atomic E-state index is 8.87. The summed E-state index contributed by atoms with van der Waals surface area (Å²) in [4.78, 5) is 3.94. The molecule has 2 N–H and O–H groups in total. The molecule has 1 aromatic carbocycles. The van der Waals surface area contributed by atoms with Crippen LogP contribution >= 0.6 is 11.6 Å². The van der Waals surface area contributed by atoms with Gasteiger partial charge in [-0.3, -0.25) is 0 Å². The van der Waals surface area contributed by atoms with Crippen LogP contribution < -0.4 is 15.2 Å². The van der Waals surface area contributed by atoms with E-state index in [0.717, 1.165) is 0 Å². The molecule has 96 valence electrons. The van der Waals surface area contributed by atoms with Gasteiger partial charge in [0.2, 0.25) is 5.88 Å². The number of hydrogen-bond acceptors (Lipinski definition) is 5. The predicted octanol–water partition coefficient (Wildman–Crippen LogP) is 2.99. The van der Waals surface area contributed by atoms with Crippen molar-refractivity contribution in [3.63, 3.8) is 0 Å². The minimum absolute atomic E-state index is 0.278. The molecule has 0 atom stereocenters. The van der Waals surface area contributed by atoms with Crippen molar-refractivity contribution >= 4 is 17.3 Å². The van der Waals surface area contributed by atoms with Gasteiger partial charge in [0.15, 0.2) is 5.75 Å². The Morgan fingerprint density at radius 1 is 1.37 bits per heavy atom. The van der Waals surface area contributed by atoms with Gasteiger partial charge in [0.25, 0.3) is 0 Å². The lowest BCUT2D eigenvalue weighted by atomic mass is 10.2. The summed E-state index contributed by atoms with van der Waals surface area (Å²) in [5.41, 5.74) is 6.53. The van der Waals surface area contributed by atoms with Gasteiger partial charge in [0.1, 0.15) is 11.4 Å². The molecule has 0 bridgehead atoms. The Hall–Kier alpha value is -2.45. The summed E-state index contributed by atoms with van der Waals surface area (Å²) in [7, 11) is 1.47. The normalized spacial score (nSPS) is 9.74. The van der Waals surface area contributed by atoms with Gasteiger partial charge in [0.05, 0.1) is 18.7 Å². The van der Waals surface area contributed by atoms with Gasteiger partial charge in [-0.25, -0.2) is 4.98 Å². The van der Waals surface area contributed by atoms with Crippen LogP contribution in [0.1, 0.15) is 5.56 Å². The van der Waals surface area contributed by atoms with E-state index in [0.29, 0.717) is 22.1 Å². The number of ether oxygens (including phenoxy) is 2. The van der Waals surface area contributed by atoms with Gasteiger partial charge in [0, 0.05) is 17.3 Å². The molecular weight excluding hydrogens is 266 g/mol. The Labute approximate surface area is 115 Å². The molecular formula is C13H10ClN3O2. The fraction of sp³-hybridized carbons (Fsp3) is 0.0769. The molecule has 0 amide bonds. The van der Waals surface area contributed by atoms with Crippen molar-refractivity contribution in [1.29, 1.82) is 5.26 Å². The molecule has 6 heteroatoms. The van der Waals surface area contributed by atoms with E-state index in [1.165, 1.54) is 13.3 Å². The molecule has 0 spiro atoms. The number of hydrogen-bond donors (Lipinski definition) is 1. The van der Waals surface area contributed by atoms with Crippen molar-refractivity contribution in [2.45, 2.75) is 0 Å². The summed E-state index contributed by atoms with van der Waals surface area (Å²) in [6.07, 6.45) is 1.51. The molecule has 0 aliphatic carbocycles. The monoisotopic (exact) mass is 275 g/mol. The van der Waals surface area contributed by atoms with Crippen LogP contribution in [0.5, 0.6) is 17.4 Å². The smallest absolute Gasteiger partial charge is 0.240 e. The molecule has 0 saturated carbocycles. The second-order valence-electron chi connectivity index (χ2n) is 3.62. The maximum Gasteiger partial charge on any atom is 0.240 e. The highest BCUT2D eigenvalue weighted by atomic mass is 35.5. The SMILES string of the molecule is COc1nccc(Oc2cc(Cl)cc(C#N)c2)c1N. The minimum Gasteiger partial charge on any atom is -0.479 e. The zero-order valence-corrected chi connectivity index (χ0v) is 10.8. The highest BCUT2D eigenvalue weighted by Gasteiger charge is 2.09. The van der Waals surface area contributed by atoms with Gasteiger partial charge < -0.3 is 15.2 Å². The molecule has 19 heavy (non-hydrogen) atoms. The molecule has 2 aromatic rings. The summed E-state index contributed by atoms with van der Waals surface area (Å²) in [6.45, 7) is 0. The Morgan fingerprint density at radius 3 is 2.84 bits per heavy atom. The van der Waals surface area contributed by atoms with Crippen LogP contribution in [0.4, 0.5) is 5.69 Å². The van der Waals surface area contributed by atoms with Crippen LogP contribution in [0, 0.1) is 11.3 Å². The first-order chi connectivity index (χ1) is 9.13. The van der Waals surface area contributed by atoms with E-state index in [1.807, 2.05) is 6.07 Å². The van der Waals surface area contributed by atoms with Gasteiger partial charge in [-0.1, -0.05) is 11.6 Å². The second-order valence-corrected chi connectivity index (χ2v) is 4.06. The van der Waals surface area contributed by atoms with E-state index >= 15 is 0 Å².